The van der Waals surface area contributed by atoms with E-state index in [0.717, 1.165) is 0 Å². The Balaban J connectivity index is 2.02. The molecule has 1 atom stereocenters. The Morgan fingerprint density at radius 2 is 1.95 bits per heavy atom. The summed E-state index contributed by atoms with van der Waals surface area (Å²) in [6.45, 7) is 1.48. The van der Waals surface area contributed by atoms with E-state index >= 15 is 0 Å². The van der Waals surface area contributed by atoms with Gasteiger partial charge in [-0.1, -0.05) is 29.3 Å². The number of nitrogens with zero attached hydrogens (tertiary/aromatic N) is 1. The van der Waals surface area contributed by atoms with Gasteiger partial charge in [-0.3, -0.25) is 4.79 Å². The molecule has 0 bridgehead atoms. The van der Waals surface area contributed by atoms with E-state index in [-0.39, 0.29) is 5.02 Å². The highest BCUT2D eigenvalue weighted by Crippen LogP contribution is 2.29. The van der Waals surface area contributed by atoms with Crippen LogP contribution in [0, 0.1) is 0 Å². The number of carbonyl (C=O) groups is 2. The number of rotatable bonds is 4. The van der Waals surface area contributed by atoms with Crippen LogP contribution in [-0.2, 0) is 16.6 Å². The van der Waals surface area contributed by atoms with Gasteiger partial charge in [0.2, 0.25) is 0 Å². The molecule has 1 aromatic heterocycles. The zero-order chi connectivity index (χ0) is 16.3. The van der Waals surface area contributed by atoms with Gasteiger partial charge in [-0.2, -0.15) is 0 Å². The molecule has 5 nitrogen and oxygen atoms in total. The lowest BCUT2D eigenvalue weighted by Gasteiger charge is -2.14. The average molecular weight is 341 g/mol. The summed E-state index contributed by atoms with van der Waals surface area (Å²) in [6, 6.07) is 8.20. The van der Waals surface area contributed by atoms with Crippen LogP contribution in [-0.4, -0.2) is 22.5 Å². The Bertz CT molecular complexity index is 713. The molecule has 0 saturated heterocycles. The number of hydrogen-bond acceptors (Lipinski definition) is 3. The van der Waals surface area contributed by atoms with Crippen LogP contribution >= 0.6 is 23.2 Å². The second-order valence-corrected chi connectivity index (χ2v) is 5.43. The molecule has 7 heteroatoms. The molecule has 0 spiro atoms. The SMILES string of the molecule is C[C@H](OC(=O)c1cccn1C)C(=O)Nc1cccc(Cl)c1Cl. The van der Waals surface area contributed by atoms with Crippen molar-refractivity contribution in [2.45, 2.75) is 13.0 Å². The van der Waals surface area contributed by atoms with Crippen molar-refractivity contribution in [1.29, 1.82) is 0 Å². The third-order valence-corrected chi connectivity index (χ3v) is 3.83. The molecule has 1 aromatic carbocycles. The minimum atomic E-state index is -0.975. The topological polar surface area (TPSA) is 60.3 Å². The summed E-state index contributed by atoms with van der Waals surface area (Å²) in [6.07, 6.45) is 0.741. The van der Waals surface area contributed by atoms with E-state index in [1.807, 2.05) is 0 Å². The number of halogens is 2. The van der Waals surface area contributed by atoms with Crippen molar-refractivity contribution >= 4 is 40.8 Å². The van der Waals surface area contributed by atoms with Gasteiger partial charge in [-0.25, -0.2) is 4.79 Å². The number of carbonyl (C=O) groups excluding carboxylic acids is 2. The van der Waals surface area contributed by atoms with Crippen molar-refractivity contribution in [3.63, 3.8) is 0 Å². The standard InChI is InChI=1S/C15H14Cl2N2O3/c1-9(22-15(21)12-7-4-8-19(12)2)14(20)18-11-6-3-5-10(16)13(11)17/h3-9H,1-2H3,(H,18,20)/t9-/m0/s1. The molecular weight excluding hydrogens is 327 g/mol. The number of esters is 1. The average Bonchev–Trinajstić information content (AvgIpc) is 2.90. The highest BCUT2D eigenvalue weighted by atomic mass is 35.5. The van der Waals surface area contributed by atoms with Crippen LogP contribution in [0.25, 0.3) is 0 Å². The highest BCUT2D eigenvalue weighted by Gasteiger charge is 2.21. The molecule has 1 N–H and O–H groups in total. The van der Waals surface area contributed by atoms with Gasteiger partial charge in [0.15, 0.2) is 6.10 Å². The van der Waals surface area contributed by atoms with Crippen molar-refractivity contribution in [2.24, 2.45) is 7.05 Å². The summed E-state index contributed by atoms with van der Waals surface area (Å²) in [7, 11) is 1.72. The van der Waals surface area contributed by atoms with Gasteiger partial charge in [0.05, 0.1) is 15.7 Å². The number of ether oxygens (including phenoxy) is 1. The lowest BCUT2D eigenvalue weighted by Crippen LogP contribution is -2.30. The molecule has 2 rings (SSSR count). The Kier molecular flexibility index (Phi) is 5.11. The number of anilines is 1. The Labute approximate surface area is 137 Å². The Morgan fingerprint density at radius 3 is 2.59 bits per heavy atom. The van der Waals surface area contributed by atoms with Crippen LogP contribution in [0.4, 0.5) is 5.69 Å². The molecule has 0 aliphatic rings. The zero-order valence-electron chi connectivity index (χ0n) is 12.0. The number of aromatic nitrogens is 1. The predicted octanol–water partition coefficient (Wildman–Crippen LogP) is 3.52. The van der Waals surface area contributed by atoms with Crippen molar-refractivity contribution < 1.29 is 14.3 Å². The van der Waals surface area contributed by atoms with Gasteiger partial charge >= 0.3 is 5.97 Å². The molecule has 22 heavy (non-hydrogen) atoms. The molecule has 0 unspecified atom stereocenters. The fourth-order valence-electron chi connectivity index (χ4n) is 1.78. The molecule has 0 radical (unpaired) electrons. The third kappa shape index (κ3) is 3.61. The van der Waals surface area contributed by atoms with Gasteiger partial charge in [0.1, 0.15) is 5.69 Å². The molecule has 2 aromatic rings. The summed E-state index contributed by atoms with van der Waals surface area (Å²) >= 11 is 11.9. The first kappa shape index (κ1) is 16.4. The minimum Gasteiger partial charge on any atom is -0.448 e. The van der Waals surface area contributed by atoms with E-state index in [1.165, 1.54) is 6.92 Å². The summed E-state index contributed by atoms with van der Waals surface area (Å²) in [5.74, 6) is -1.07. The molecule has 0 fully saturated rings. The smallest absolute Gasteiger partial charge is 0.355 e. The molecule has 1 heterocycles. The van der Waals surface area contributed by atoms with Gasteiger partial charge < -0.3 is 14.6 Å². The van der Waals surface area contributed by atoms with Gasteiger partial charge in [0, 0.05) is 13.2 Å². The zero-order valence-corrected chi connectivity index (χ0v) is 13.5. The maximum Gasteiger partial charge on any atom is 0.355 e. The third-order valence-electron chi connectivity index (χ3n) is 3.02. The van der Waals surface area contributed by atoms with Crippen molar-refractivity contribution in [3.05, 3.63) is 52.3 Å². The fourth-order valence-corrected chi connectivity index (χ4v) is 2.13. The van der Waals surface area contributed by atoms with Gasteiger partial charge in [-0.05, 0) is 31.2 Å². The second-order valence-electron chi connectivity index (χ2n) is 4.64. The van der Waals surface area contributed by atoms with Crippen LogP contribution in [0.3, 0.4) is 0 Å². The maximum atomic E-state index is 12.1. The normalized spacial score (nSPS) is 11.8. The molecule has 0 aliphatic heterocycles. The van der Waals surface area contributed by atoms with Gasteiger partial charge in [0.25, 0.3) is 5.91 Å². The number of hydrogen-bond donors (Lipinski definition) is 1. The Morgan fingerprint density at radius 1 is 1.23 bits per heavy atom. The van der Waals surface area contributed by atoms with Crippen LogP contribution in [0.15, 0.2) is 36.5 Å². The molecular formula is C15H14Cl2N2O3. The first-order valence-corrected chi connectivity index (χ1v) is 7.23. The van der Waals surface area contributed by atoms with E-state index in [2.05, 4.69) is 5.32 Å². The largest absolute Gasteiger partial charge is 0.448 e. The number of amides is 1. The summed E-state index contributed by atoms with van der Waals surface area (Å²) in [4.78, 5) is 24.0. The molecule has 0 saturated carbocycles. The summed E-state index contributed by atoms with van der Waals surface area (Å²) in [5, 5.41) is 3.14. The molecule has 1 amide bonds. The van der Waals surface area contributed by atoms with Crippen LogP contribution < -0.4 is 5.32 Å². The first-order chi connectivity index (χ1) is 10.4. The highest BCUT2D eigenvalue weighted by molar-refractivity contribution is 6.44. The summed E-state index contributed by atoms with van der Waals surface area (Å²) in [5.41, 5.74) is 0.723. The second kappa shape index (κ2) is 6.85. The lowest BCUT2D eigenvalue weighted by molar-refractivity contribution is -0.123. The fraction of sp³-hybridized carbons (Fsp3) is 0.200. The van der Waals surface area contributed by atoms with Crippen molar-refractivity contribution in [3.8, 4) is 0 Å². The van der Waals surface area contributed by atoms with Crippen molar-refractivity contribution in [2.75, 3.05) is 5.32 Å². The van der Waals surface area contributed by atoms with Gasteiger partial charge in [-0.15, -0.1) is 0 Å². The quantitative estimate of drug-likeness (QED) is 0.866. The minimum absolute atomic E-state index is 0.235. The van der Waals surface area contributed by atoms with E-state index < -0.39 is 18.0 Å². The number of nitrogens with one attached hydrogen (secondary N) is 1. The number of benzene rings is 1. The van der Waals surface area contributed by atoms with E-state index in [9.17, 15) is 9.59 Å². The van der Waals surface area contributed by atoms with Crippen LogP contribution in [0.2, 0.25) is 10.0 Å². The van der Waals surface area contributed by atoms with E-state index in [4.69, 9.17) is 27.9 Å². The Hall–Kier alpha value is -1.98. The van der Waals surface area contributed by atoms with Crippen molar-refractivity contribution in [1.82, 2.24) is 4.57 Å². The predicted molar refractivity (Wildman–Crippen MR) is 85.4 cm³/mol. The lowest BCUT2D eigenvalue weighted by atomic mass is 10.3. The number of aryl methyl sites for hydroxylation is 1. The molecule has 0 aliphatic carbocycles. The molecule has 116 valence electrons. The monoisotopic (exact) mass is 340 g/mol. The maximum absolute atomic E-state index is 12.1. The van der Waals surface area contributed by atoms with E-state index in [1.54, 1.807) is 48.1 Å². The van der Waals surface area contributed by atoms with Crippen LogP contribution in [0.1, 0.15) is 17.4 Å². The van der Waals surface area contributed by atoms with Crippen LogP contribution in [0.5, 0.6) is 0 Å². The van der Waals surface area contributed by atoms with E-state index in [0.29, 0.717) is 16.4 Å². The first-order valence-electron chi connectivity index (χ1n) is 6.47. The summed E-state index contributed by atoms with van der Waals surface area (Å²) < 4.78 is 6.74.